The molecule has 3 aliphatic rings. The van der Waals surface area contributed by atoms with Gasteiger partial charge in [-0.15, -0.1) is 0 Å². The van der Waals surface area contributed by atoms with Gasteiger partial charge in [0, 0.05) is 55.9 Å². The van der Waals surface area contributed by atoms with E-state index in [4.69, 9.17) is 4.74 Å². The standard InChI is InChI=1S/C29H26N4O7S/c1-31-23-7-3-2-6-22(23)29(28(31)37)24(26(35)27(36)33(29)18-19-5-4-12-30-17-19)25(34)20-8-10-21(11-9-20)41(38,39)32-13-15-40-16-14-32/h2-12,17,34H,13-16,18H2,1H3/b25-24+. The fourth-order valence-corrected chi connectivity index (χ4v) is 7.14. The maximum absolute atomic E-state index is 14.1. The van der Waals surface area contributed by atoms with E-state index >= 15 is 0 Å². The van der Waals surface area contributed by atoms with Crippen LogP contribution in [0.1, 0.15) is 16.7 Å². The van der Waals surface area contributed by atoms with Crippen LogP contribution in [0, 0.1) is 0 Å². The van der Waals surface area contributed by atoms with Crippen molar-refractivity contribution in [3.05, 3.63) is 95.3 Å². The van der Waals surface area contributed by atoms with Crippen molar-refractivity contribution in [3.8, 4) is 0 Å². The number of fused-ring (bicyclic) bond motifs is 2. The molecule has 12 heteroatoms. The highest BCUT2D eigenvalue weighted by molar-refractivity contribution is 7.89. The van der Waals surface area contributed by atoms with Crippen molar-refractivity contribution < 1.29 is 32.6 Å². The van der Waals surface area contributed by atoms with Crippen LogP contribution >= 0.6 is 0 Å². The minimum absolute atomic E-state index is 0.00436. The molecule has 2 aromatic carbocycles. The number of hydrogen-bond acceptors (Lipinski definition) is 8. The molecule has 2 fully saturated rings. The van der Waals surface area contributed by atoms with Crippen LogP contribution in [-0.2, 0) is 41.2 Å². The van der Waals surface area contributed by atoms with Gasteiger partial charge in [0.15, 0.2) is 5.54 Å². The van der Waals surface area contributed by atoms with Gasteiger partial charge in [0.2, 0.25) is 10.0 Å². The number of aromatic nitrogens is 1. The molecule has 41 heavy (non-hydrogen) atoms. The van der Waals surface area contributed by atoms with E-state index in [1.165, 1.54) is 44.6 Å². The summed E-state index contributed by atoms with van der Waals surface area (Å²) >= 11 is 0. The number of carbonyl (C=O) groups is 3. The highest BCUT2D eigenvalue weighted by atomic mass is 32.2. The van der Waals surface area contributed by atoms with Gasteiger partial charge in [0.1, 0.15) is 5.76 Å². The summed E-state index contributed by atoms with van der Waals surface area (Å²) in [6.45, 7) is 0.921. The van der Waals surface area contributed by atoms with Gasteiger partial charge in [-0.1, -0.05) is 24.3 Å². The molecule has 0 saturated carbocycles. The second-order valence-electron chi connectivity index (χ2n) is 9.94. The molecule has 2 saturated heterocycles. The number of aliphatic hydroxyl groups excluding tert-OH is 1. The van der Waals surface area contributed by atoms with E-state index in [0.29, 0.717) is 30.0 Å². The molecule has 3 aromatic rings. The lowest BCUT2D eigenvalue weighted by molar-refractivity contribution is -0.144. The Morgan fingerprint density at radius 1 is 1.00 bits per heavy atom. The number of carbonyl (C=O) groups excluding carboxylic acids is 3. The maximum atomic E-state index is 14.1. The third kappa shape index (κ3) is 3.97. The number of morpholine rings is 1. The van der Waals surface area contributed by atoms with Crippen molar-refractivity contribution in [3.63, 3.8) is 0 Å². The molecule has 0 radical (unpaired) electrons. The minimum atomic E-state index is -3.80. The number of likely N-dealkylation sites (N-methyl/N-ethyl adjacent to an activating group) is 1. The fourth-order valence-electron chi connectivity index (χ4n) is 5.73. The zero-order valence-electron chi connectivity index (χ0n) is 22.1. The summed E-state index contributed by atoms with van der Waals surface area (Å²) in [6, 6.07) is 15.6. The van der Waals surface area contributed by atoms with Crippen LogP contribution in [-0.4, -0.2) is 78.7 Å². The first-order valence-electron chi connectivity index (χ1n) is 12.9. The number of likely N-dealkylation sites (tertiary alicyclic amines) is 1. The normalized spacial score (nSPS) is 22.5. The molecular formula is C29H26N4O7S. The van der Waals surface area contributed by atoms with Gasteiger partial charge in [0.25, 0.3) is 17.6 Å². The smallest absolute Gasteiger partial charge is 0.296 e. The number of anilines is 1. The number of ketones is 1. The largest absolute Gasteiger partial charge is 0.507 e. The summed E-state index contributed by atoms with van der Waals surface area (Å²) < 4.78 is 32.7. The maximum Gasteiger partial charge on any atom is 0.296 e. The number of rotatable bonds is 5. The molecule has 0 bridgehead atoms. The predicted octanol–water partition coefficient (Wildman–Crippen LogP) is 1.86. The summed E-state index contributed by atoms with van der Waals surface area (Å²) in [5.41, 5.74) is -0.761. The SMILES string of the molecule is CN1C(=O)C2(/C(=C(/O)c3ccc(S(=O)(=O)N4CCOCC4)cc3)C(=O)C(=O)N2Cc2cccnc2)c2ccccc21. The number of hydrogen-bond donors (Lipinski definition) is 1. The average molecular weight is 575 g/mol. The summed E-state index contributed by atoms with van der Waals surface area (Å²) in [7, 11) is -2.26. The third-order valence-corrected chi connectivity index (χ3v) is 9.65. The van der Waals surface area contributed by atoms with E-state index in [0.717, 1.165) is 0 Å². The van der Waals surface area contributed by atoms with Gasteiger partial charge in [-0.25, -0.2) is 8.42 Å². The number of sulfonamides is 1. The van der Waals surface area contributed by atoms with Crippen molar-refractivity contribution in [2.45, 2.75) is 17.0 Å². The zero-order chi connectivity index (χ0) is 28.9. The van der Waals surface area contributed by atoms with E-state index in [2.05, 4.69) is 4.98 Å². The Morgan fingerprint density at radius 2 is 1.71 bits per heavy atom. The Kier molecular flexibility index (Phi) is 6.48. The van der Waals surface area contributed by atoms with Crippen LogP contribution in [0.3, 0.4) is 0 Å². The van der Waals surface area contributed by atoms with E-state index in [1.807, 2.05) is 0 Å². The number of benzene rings is 2. The monoisotopic (exact) mass is 574 g/mol. The molecule has 2 amide bonds. The molecule has 6 rings (SSSR count). The topological polar surface area (TPSA) is 137 Å². The number of pyridine rings is 1. The van der Waals surface area contributed by atoms with Gasteiger partial charge in [0.05, 0.1) is 23.7 Å². The quantitative estimate of drug-likeness (QED) is 0.277. The first-order chi connectivity index (χ1) is 19.7. The van der Waals surface area contributed by atoms with Crippen LogP contribution < -0.4 is 4.90 Å². The molecule has 4 heterocycles. The Morgan fingerprint density at radius 3 is 2.39 bits per heavy atom. The second kappa shape index (κ2) is 9.91. The molecule has 11 nitrogen and oxygen atoms in total. The highest BCUT2D eigenvalue weighted by Gasteiger charge is 2.66. The molecule has 1 spiro atoms. The van der Waals surface area contributed by atoms with Gasteiger partial charge >= 0.3 is 0 Å². The van der Waals surface area contributed by atoms with E-state index in [1.54, 1.807) is 49.6 Å². The number of para-hydroxylation sites is 1. The number of amides is 2. The van der Waals surface area contributed by atoms with Crippen molar-refractivity contribution in [1.82, 2.24) is 14.2 Å². The lowest BCUT2D eigenvalue weighted by atomic mass is 9.81. The zero-order valence-corrected chi connectivity index (χ0v) is 22.9. The van der Waals surface area contributed by atoms with Crippen molar-refractivity contribution in [1.29, 1.82) is 0 Å². The van der Waals surface area contributed by atoms with Crippen LogP contribution in [0.4, 0.5) is 5.69 Å². The lowest BCUT2D eigenvalue weighted by Gasteiger charge is -2.34. The van der Waals surface area contributed by atoms with E-state index < -0.39 is 38.9 Å². The molecule has 1 aromatic heterocycles. The molecule has 1 atom stereocenters. The Hall–Kier alpha value is -4.39. The van der Waals surface area contributed by atoms with Crippen molar-refractivity contribution >= 4 is 39.1 Å². The third-order valence-electron chi connectivity index (χ3n) is 7.74. The van der Waals surface area contributed by atoms with Crippen molar-refractivity contribution in [2.75, 3.05) is 38.3 Å². The second-order valence-corrected chi connectivity index (χ2v) is 11.9. The van der Waals surface area contributed by atoms with Crippen LogP contribution in [0.5, 0.6) is 0 Å². The predicted molar refractivity (Wildman–Crippen MR) is 147 cm³/mol. The summed E-state index contributed by atoms with van der Waals surface area (Å²) in [5, 5.41) is 11.6. The van der Waals surface area contributed by atoms with Crippen LogP contribution in [0.15, 0.2) is 83.5 Å². The summed E-state index contributed by atoms with van der Waals surface area (Å²) in [6.07, 6.45) is 3.11. The lowest BCUT2D eigenvalue weighted by Crippen LogP contribution is -2.50. The van der Waals surface area contributed by atoms with Gasteiger partial charge in [-0.05, 0) is 42.0 Å². The molecule has 0 aliphatic carbocycles. The van der Waals surface area contributed by atoms with E-state index in [9.17, 15) is 27.9 Å². The van der Waals surface area contributed by atoms with Crippen LogP contribution in [0.2, 0.25) is 0 Å². The van der Waals surface area contributed by atoms with Crippen LogP contribution in [0.25, 0.3) is 5.76 Å². The number of aliphatic hydroxyl groups is 1. The van der Waals surface area contributed by atoms with Crippen molar-refractivity contribution in [2.24, 2.45) is 0 Å². The van der Waals surface area contributed by atoms with Gasteiger partial charge in [-0.2, -0.15) is 4.31 Å². The molecule has 1 N–H and O–H groups in total. The molecule has 3 aliphatic heterocycles. The first kappa shape index (κ1) is 26.8. The van der Waals surface area contributed by atoms with Gasteiger partial charge in [-0.3, -0.25) is 19.4 Å². The first-order valence-corrected chi connectivity index (χ1v) is 14.4. The molecular weight excluding hydrogens is 548 g/mol. The fraction of sp³-hybridized carbons (Fsp3) is 0.241. The summed E-state index contributed by atoms with van der Waals surface area (Å²) in [5.74, 6) is -3.11. The molecule has 210 valence electrons. The molecule has 1 unspecified atom stereocenters. The van der Waals surface area contributed by atoms with Gasteiger partial charge < -0.3 is 19.6 Å². The minimum Gasteiger partial charge on any atom is -0.507 e. The number of nitrogens with zero attached hydrogens (tertiary/aromatic N) is 4. The Balaban J connectivity index is 1.50. The number of ether oxygens (including phenoxy) is 1. The Bertz CT molecular complexity index is 1700. The van der Waals surface area contributed by atoms with E-state index in [-0.39, 0.29) is 35.7 Å². The average Bonchev–Trinajstić information content (AvgIpc) is 3.36. The highest BCUT2D eigenvalue weighted by Crippen LogP contribution is 2.53. The Labute approximate surface area is 236 Å². The summed E-state index contributed by atoms with van der Waals surface area (Å²) in [4.78, 5) is 48.0. The number of Topliss-reactive ketones (excluding diaryl/α,β-unsaturated/α-hetero) is 1.